The summed E-state index contributed by atoms with van der Waals surface area (Å²) in [6, 6.07) is 9.57. The third-order valence-corrected chi connectivity index (χ3v) is 3.54. The molecule has 3 unspecified atom stereocenters. The van der Waals surface area contributed by atoms with Gasteiger partial charge in [-0.2, -0.15) is 5.26 Å². The molecule has 0 heterocycles. The van der Waals surface area contributed by atoms with E-state index in [-0.39, 0.29) is 0 Å². The number of benzene rings is 1. The number of nitrogens with one attached hydrogen (secondary N) is 1. The molecule has 0 aliphatic rings. The molecule has 0 saturated carbocycles. The molecular weight excluding hydrogens is 236 g/mol. The van der Waals surface area contributed by atoms with Gasteiger partial charge in [0.25, 0.3) is 0 Å². The van der Waals surface area contributed by atoms with Gasteiger partial charge in [0.2, 0.25) is 0 Å². The first-order valence-electron chi connectivity index (χ1n) is 6.98. The third kappa shape index (κ3) is 5.42. The van der Waals surface area contributed by atoms with Crippen LogP contribution < -0.4 is 5.32 Å². The second-order valence-corrected chi connectivity index (χ2v) is 5.31. The van der Waals surface area contributed by atoms with Gasteiger partial charge < -0.3 is 10.4 Å². The van der Waals surface area contributed by atoms with Gasteiger partial charge in [0, 0.05) is 12.6 Å². The van der Waals surface area contributed by atoms with E-state index in [9.17, 15) is 5.11 Å². The quantitative estimate of drug-likeness (QED) is 0.792. The Kier molecular flexibility index (Phi) is 6.55. The van der Waals surface area contributed by atoms with E-state index in [1.54, 1.807) is 12.1 Å². The lowest BCUT2D eigenvalue weighted by molar-refractivity contribution is 0.168. The van der Waals surface area contributed by atoms with Crippen LogP contribution >= 0.6 is 0 Å². The summed E-state index contributed by atoms with van der Waals surface area (Å²) in [5.74, 6) is 0.703. The molecule has 3 heteroatoms. The minimum Gasteiger partial charge on any atom is -0.387 e. The Morgan fingerprint density at radius 1 is 1.26 bits per heavy atom. The van der Waals surface area contributed by atoms with Crippen LogP contribution in [0.4, 0.5) is 0 Å². The molecule has 3 atom stereocenters. The maximum atomic E-state index is 10.1. The second kappa shape index (κ2) is 7.93. The van der Waals surface area contributed by atoms with Gasteiger partial charge in [-0.15, -0.1) is 0 Å². The largest absolute Gasteiger partial charge is 0.387 e. The molecule has 0 saturated heterocycles. The summed E-state index contributed by atoms with van der Waals surface area (Å²) in [4.78, 5) is 0. The number of aliphatic hydroxyl groups is 1. The summed E-state index contributed by atoms with van der Waals surface area (Å²) in [7, 11) is 0. The fourth-order valence-corrected chi connectivity index (χ4v) is 2.06. The lowest BCUT2D eigenvalue weighted by Crippen LogP contribution is -2.31. The first kappa shape index (κ1) is 15.7. The fraction of sp³-hybridized carbons (Fsp3) is 0.562. The van der Waals surface area contributed by atoms with Gasteiger partial charge in [0.1, 0.15) is 0 Å². The van der Waals surface area contributed by atoms with E-state index in [0.717, 1.165) is 12.0 Å². The maximum absolute atomic E-state index is 10.1. The normalized spacial score (nSPS) is 15.5. The van der Waals surface area contributed by atoms with Crippen molar-refractivity contribution in [1.82, 2.24) is 5.32 Å². The first-order valence-corrected chi connectivity index (χ1v) is 6.98. The van der Waals surface area contributed by atoms with Gasteiger partial charge in [-0.3, -0.25) is 0 Å². The molecule has 1 rings (SSSR count). The molecule has 2 N–H and O–H groups in total. The zero-order valence-electron chi connectivity index (χ0n) is 12.1. The van der Waals surface area contributed by atoms with E-state index in [1.165, 1.54) is 6.42 Å². The standard InChI is InChI=1S/C16H24N2O/c1-4-12(2)9-13(3)18-11-16(19)15-7-5-14(10-17)6-8-15/h5-8,12-13,16,18-19H,4,9,11H2,1-3H3. The summed E-state index contributed by atoms with van der Waals surface area (Å²) < 4.78 is 0. The number of hydrogen-bond donors (Lipinski definition) is 2. The van der Waals surface area contributed by atoms with E-state index < -0.39 is 6.10 Å². The van der Waals surface area contributed by atoms with Crippen molar-refractivity contribution in [2.75, 3.05) is 6.54 Å². The summed E-state index contributed by atoms with van der Waals surface area (Å²) in [5, 5.41) is 22.2. The highest BCUT2D eigenvalue weighted by Gasteiger charge is 2.11. The highest BCUT2D eigenvalue weighted by atomic mass is 16.3. The number of nitrogens with zero attached hydrogens (tertiary/aromatic N) is 1. The van der Waals surface area contributed by atoms with Crippen LogP contribution in [0.15, 0.2) is 24.3 Å². The van der Waals surface area contributed by atoms with Gasteiger partial charge in [0.05, 0.1) is 17.7 Å². The Morgan fingerprint density at radius 3 is 2.42 bits per heavy atom. The number of rotatable bonds is 7. The van der Waals surface area contributed by atoms with E-state index in [1.807, 2.05) is 12.1 Å². The van der Waals surface area contributed by atoms with Gasteiger partial charge >= 0.3 is 0 Å². The molecule has 0 spiro atoms. The van der Waals surface area contributed by atoms with Crippen LogP contribution in [0.1, 0.15) is 50.8 Å². The molecule has 0 bridgehead atoms. The van der Waals surface area contributed by atoms with Crippen LogP contribution in [0.5, 0.6) is 0 Å². The topological polar surface area (TPSA) is 56.0 Å². The third-order valence-electron chi connectivity index (χ3n) is 3.54. The van der Waals surface area contributed by atoms with Crippen molar-refractivity contribution in [3.8, 4) is 6.07 Å². The van der Waals surface area contributed by atoms with Crippen molar-refractivity contribution >= 4 is 0 Å². The van der Waals surface area contributed by atoms with Crippen molar-refractivity contribution < 1.29 is 5.11 Å². The Morgan fingerprint density at radius 2 is 1.89 bits per heavy atom. The summed E-state index contributed by atoms with van der Waals surface area (Å²) >= 11 is 0. The molecule has 0 aliphatic heterocycles. The molecule has 3 nitrogen and oxygen atoms in total. The molecule has 19 heavy (non-hydrogen) atoms. The molecule has 0 aliphatic carbocycles. The van der Waals surface area contributed by atoms with Crippen LogP contribution in [0, 0.1) is 17.2 Å². The predicted molar refractivity (Wildman–Crippen MR) is 77.7 cm³/mol. The van der Waals surface area contributed by atoms with Crippen LogP contribution in [0.2, 0.25) is 0 Å². The van der Waals surface area contributed by atoms with Crippen LogP contribution in [-0.2, 0) is 0 Å². The molecule has 0 fully saturated rings. The van der Waals surface area contributed by atoms with Gasteiger partial charge in [-0.1, -0.05) is 32.4 Å². The monoisotopic (exact) mass is 260 g/mol. The van der Waals surface area contributed by atoms with Crippen molar-refractivity contribution in [3.63, 3.8) is 0 Å². The molecule has 1 aromatic rings. The highest BCUT2D eigenvalue weighted by Crippen LogP contribution is 2.14. The van der Waals surface area contributed by atoms with Gasteiger partial charge in [0.15, 0.2) is 0 Å². The zero-order valence-corrected chi connectivity index (χ0v) is 12.1. The molecule has 1 aromatic carbocycles. The van der Waals surface area contributed by atoms with Crippen molar-refractivity contribution in [2.24, 2.45) is 5.92 Å². The van der Waals surface area contributed by atoms with E-state index in [2.05, 4.69) is 32.2 Å². The van der Waals surface area contributed by atoms with Crippen molar-refractivity contribution in [1.29, 1.82) is 5.26 Å². The van der Waals surface area contributed by atoms with E-state index in [0.29, 0.717) is 24.1 Å². The highest BCUT2D eigenvalue weighted by molar-refractivity contribution is 5.32. The van der Waals surface area contributed by atoms with Gasteiger partial charge in [-0.05, 0) is 37.0 Å². The SMILES string of the molecule is CCC(C)CC(C)NCC(O)c1ccc(C#N)cc1. The van der Waals surface area contributed by atoms with Gasteiger partial charge in [-0.25, -0.2) is 0 Å². The van der Waals surface area contributed by atoms with E-state index in [4.69, 9.17) is 5.26 Å². The average molecular weight is 260 g/mol. The predicted octanol–water partition coefficient (Wildman–Crippen LogP) is 3.01. The number of aliphatic hydroxyl groups excluding tert-OH is 1. The zero-order chi connectivity index (χ0) is 14.3. The number of nitriles is 1. The summed E-state index contributed by atoms with van der Waals surface area (Å²) in [6.45, 7) is 7.14. The molecule has 0 amide bonds. The molecule has 0 aromatic heterocycles. The Labute approximate surface area is 116 Å². The Bertz CT molecular complexity index is 408. The summed E-state index contributed by atoms with van der Waals surface area (Å²) in [5.41, 5.74) is 1.47. The van der Waals surface area contributed by atoms with E-state index >= 15 is 0 Å². The lowest BCUT2D eigenvalue weighted by atomic mass is 10.00. The number of hydrogen-bond acceptors (Lipinski definition) is 3. The Balaban J connectivity index is 2.42. The summed E-state index contributed by atoms with van der Waals surface area (Å²) in [6.07, 6.45) is 1.79. The molecule has 104 valence electrons. The fourth-order valence-electron chi connectivity index (χ4n) is 2.06. The first-order chi connectivity index (χ1) is 9.06. The minimum absolute atomic E-state index is 0.406. The lowest BCUT2D eigenvalue weighted by Gasteiger charge is -2.20. The smallest absolute Gasteiger partial charge is 0.0991 e. The van der Waals surface area contributed by atoms with Crippen molar-refractivity contribution in [2.45, 2.75) is 45.8 Å². The minimum atomic E-state index is -0.521. The maximum Gasteiger partial charge on any atom is 0.0991 e. The van der Waals surface area contributed by atoms with Crippen molar-refractivity contribution in [3.05, 3.63) is 35.4 Å². The Hall–Kier alpha value is -1.37. The second-order valence-electron chi connectivity index (χ2n) is 5.31. The van der Waals surface area contributed by atoms with Crippen LogP contribution in [0.3, 0.4) is 0 Å². The molecular formula is C16H24N2O. The average Bonchev–Trinajstić information content (AvgIpc) is 2.44. The van der Waals surface area contributed by atoms with Crippen LogP contribution in [-0.4, -0.2) is 17.7 Å². The van der Waals surface area contributed by atoms with Crippen LogP contribution in [0.25, 0.3) is 0 Å². The molecule has 0 radical (unpaired) electrons.